The average Bonchev–Trinajstić information content (AvgIpc) is 2.41. The highest BCUT2D eigenvalue weighted by Crippen LogP contribution is 2.00. The lowest BCUT2D eigenvalue weighted by Crippen LogP contribution is -1.69. The highest BCUT2D eigenvalue weighted by atomic mass is 32.1. The van der Waals surface area contributed by atoms with E-state index in [1.54, 1.807) is 6.20 Å². The molecule has 0 spiro atoms. The van der Waals surface area contributed by atoms with Crippen LogP contribution in [0.2, 0.25) is 0 Å². The van der Waals surface area contributed by atoms with Crippen molar-refractivity contribution in [2.24, 2.45) is 0 Å². The first kappa shape index (κ1) is 6.97. The molecule has 0 aromatic carbocycles. The van der Waals surface area contributed by atoms with E-state index in [2.05, 4.69) is 16.8 Å². The van der Waals surface area contributed by atoms with E-state index in [1.165, 1.54) is 11.3 Å². The quantitative estimate of drug-likeness (QED) is 0.444. The third-order valence-electron chi connectivity index (χ3n) is 0.813. The molecule has 1 aromatic heterocycles. The summed E-state index contributed by atoms with van der Waals surface area (Å²) in [6.07, 6.45) is 2.76. The predicted octanol–water partition coefficient (Wildman–Crippen LogP) is 1.08. The maximum Gasteiger partial charge on any atom is 0.166 e. The molecule has 0 N–H and O–H groups in total. The van der Waals surface area contributed by atoms with Crippen LogP contribution in [0, 0.1) is 11.8 Å². The van der Waals surface area contributed by atoms with Crippen molar-refractivity contribution in [3.8, 4) is 11.8 Å². The Kier molecular flexibility index (Phi) is 2.65. The summed E-state index contributed by atoms with van der Waals surface area (Å²) < 4.78 is 0. The zero-order chi connectivity index (χ0) is 7.23. The monoisotopic (exact) mass is 151 g/mol. The Hall–Kier alpha value is -1.14. The fourth-order valence-corrected chi connectivity index (χ4v) is 0.957. The van der Waals surface area contributed by atoms with Crippen LogP contribution >= 0.6 is 11.3 Å². The Morgan fingerprint density at radius 3 is 3.30 bits per heavy atom. The Labute approximate surface area is 62.9 Å². The Balaban J connectivity index is 2.57. The third-order valence-corrected chi connectivity index (χ3v) is 1.50. The lowest BCUT2D eigenvalue weighted by Gasteiger charge is -1.71. The summed E-state index contributed by atoms with van der Waals surface area (Å²) in [5, 5.41) is 2.62. The number of rotatable bonds is 1. The molecule has 0 amide bonds. The van der Waals surface area contributed by atoms with Gasteiger partial charge in [0.05, 0.1) is 6.42 Å². The first-order chi connectivity index (χ1) is 4.93. The molecule has 0 fully saturated rings. The van der Waals surface area contributed by atoms with Gasteiger partial charge in [-0.05, 0) is 5.92 Å². The van der Waals surface area contributed by atoms with Gasteiger partial charge in [-0.25, -0.2) is 4.98 Å². The minimum atomic E-state index is 0.291. The second-order valence-corrected chi connectivity index (χ2v) is 2.40. The average molecular weight is 151 g/mol. The van der Waals surface area contributed by atoms with E-state index in [0.717, 1.165) is 11.3 Å². The zero-order valence-corrected chi connectivity index (χ0v) is 6.02. The summed E-state index contributed by atoms with van der Waals surface area (Å²) in [6.45, 7) is 0. The van der Waals surface area contributed by atoms with Gasteiger partial charge in [0, 0.05) is 11.6 Å². The molecular formula is C7H5NOS. The van der Waals surface area contributed by atoms with Gasteiger partial charge in [0.1, 0.15) is 6.29 Å². The Morgan fingerprint density at radius 2 is 2.70 bits per heavy atom. The molecule has 0 atom stereocenters. The summed E-state index contributed by atoms with van der Waals surface area (Å²) in [6, 6.07) is 0. The van der Waals surface area contributed by atoms with E-state index in [9.17, 15) is 4.79 Å². The van der Waals surface area contributed by atoms with Crippen LogP contribution in [0.5, 0.6) is 0 Å². The van der Waals surface area contributed by atoms with E-state index < -0.39 is 0 Å². The van der Waals surface area contributed by atoms with Gasteiger partial charge in [0.2, 0.25) is 0 Å². The highest BCUT2D eigenvalue weighted by molar-refractivity contribution is 7.10. The molecule has 0 saturated carbocycles. The molecule has 10 heavy (non-hydrogen) atoms. The molecule has 1 heterocycles. The SMILES string of the molecule is O=CCC#Cc1nccs1. The van der Waals surface area contributed by atoms with Crippen molar-refractivity contribution in [2.75, 3.05) is 0 Å². The lowest BCUT2D eigenvalue weighted by atomic mass is 10.5. The molecular weight excluding hydrogens is 146 g/mol. The molecule has 3 heteroatoms. The Bertz CT molecular complexity index is 255. The van der Waals surface area contributed by atoms with Gasteiger partial charge in [-0.1, -0.05) is 5.92 Å². The van der Waals surface area contributed by atoms with E-state index >= 15 is 0 Å². The predicted molar refractivity (Wildman–Crippen MR) is 39.7 cm³/mol. The number of carbonyl (C=O) groups excluding carboxylic acids is 1. The second-order valence-electron chi connectivity index (χ2n) is 1.51. The van der Waals surface area contributed by atoms with Crippen molar-refractivity contribution in [3.63, 3.8) is 0 Å². The molecule has 1 aromatic rings. The van der Waals surface area contributed by atoms with Crippen LogP contribution in [0.4, 0.5) is 0 Å². The zero-order valence-electron chi connectivity index (χ0n) is 5.20. The number of nitrogens with zero attached hydrogens (tertiary/aromatic N) is 1. The van der Waals surface area contributed by atoms with E-state index in [4.69, 9.17) is 0 Å². The molecule has 0 unspecified atom stereocenters. The normalized spacial score (nSPS) is 8.00. The smallest absolute Gasteiger partial charge is 0.166 e. The topological polar surface area (TPSA) is 30.0 Å². The number of thiazole rings is 1. The molecule has 0 radical (unpaired) electrons. The van der Waals surface area contributed by atoms with Crippen LogP contribution in [0.15, 0.2) is 11.6 Å². The first-order valence-electron chi connectivity index (χ1n) is 2.75. The summed E-state index contributed by atoms with van der Waals surface area (Å²) in [5.74, 6) is 5.42. The van der Waals surface area contributed by atoms with Gasteiger partial charge in [-0.2, -0.15) is 0 Å². The maximum absolute atomic E-state index is 9.81. The van der Waals surface area contributed by atoms with Crippen molar-refractivity contribution >= 4 is 17.6 Å². The minimum Gasteiger partial charge on any atom is -0.302 e. The molecule has 2 nitrogen and oxygen atoms in total. The van der Waals surface area contributed by atoms with Crippen LogP contribution in [0.3, 0.4) is 0 Å². The van der Waals surface area contributed by atoms with Gasteiger partial charge in [0.25, 0.3) is 0 Å². The fourth-order valence-electron chi connectivity index (χ4n) is 0.453. The number of aldehydes is 1. The van der Waals surface area contributed by atoms with E-state index in [-0.39, 0.29) is 0 Å². The van der Waals surface area contributed by atoms with Gasteiger partial charge >= 0.3 is 0 Å². The number of aromatic nitrogens is 1. The van der Waals surface area contributed by atoms with Crippen molar-refractivity contribution in [1.29, 1.82) is 0 Å². The first-order valence-corrected chi connectivity index (χ1v) is 3.63. The standard InChI is InChI=1S/C7H5NOS/c9-5-2-1-3-7-8-4-6-10-7/h4-6H,2H2. The van der Waals surface area contributed by atoms with Crippen LogP contribution < -0.4 is 0 Å². The molecule has 0 aliphatic carbocycles. The summed E-state index contributed by atoms with van der Waals surface area (Å²) in [7, 11) is 0. The molecule has 0 aliphatic heterocycles. The van der Waals surface area contributed by atoms with E-state index in [0.29, 0.717) is 6.42 Å². The van der Waals surface area contributed by atoms with Crippen molar-refractivity contribution in [1.82, 2.24) is 4.98 Å². The van der Waals surface area contributed by atoms with E-state index in [1.807, 2.05) is 5.38 Å². The fraction of sp³-hybridized carbons (Fsp3) is 0.143. The van der Waals surface area contributed by atoms with Crippen LogP contribution in [0.1, 0.15) is 11.4 Å². The summed E-state index contributed by atoms with van der Waals surface area (Å²) >= 11 is 1.47. The van der Waals surface area contributed by atoms with Crippen LogP contribution in [0.25, 0.3) is 0 Å². The third kappa shape index (κ3) is 2.00. The Morgan fingerprint density at radius 1 is 1.80 bits per heavy atom. The lowest BCUT2D eigenvalue weighted by molar-refractivity contribution is -0.107. The highest BCUT2D eigenvalue weighted by Gasteiger charge is 1.83. The van der Waals surface area contributed by atoms with Crippen molar-refractivity contribution in [2.45, 2.75) is 6.42 Å². The number of hydrogen-bond acceptors (Lipinski definition) is 3. The molecule has 0 saturated heterocycles. The van der Waals surface area contributed by atoms with Crippen LogP contribution in [-0.2, 0) is 4.79 Å². The van der Waals surface area contributed by atoms with Gasteiger partial charge in [-0.15, -0.1) is 11.3 Å². The second kappa shape index (κ2) is 3.80. The van der Waals surface area contributed by atoms with Crippen molar-refractivity contribution < 1.29 is 4.79 Å². The maximum atomic E-state index is 9.81. The van der Waals surface area contributed by atoms with Crippen molar-refractivity contribution in [3.05, 3.63) is 16.6 Å². The number of hydrogen-bond donors (Lipinski definition) is 0. The van der Waals surface area contributed by atoms with Gasteiger partial charge < -0.3 is 4.79 Å². The van der Waals surface area contributed by atoms with Crippen LogP contribution in [-0.4, -0.2) is 11.3 Å². The summed E-state index contributed by atoms with van der Waals surface area (Å²) in [5.41, 5.74) is 0. The molecule has 50 valence electrons. The van der Waals surface area contributed by atoms with Gasteiger partial charge in [0.15, 0.2) is 5.01 Å². The molecule has 1 rings (SSSR count). The molecule has 0 bridgehead atoms. The number of carbonyl (C=O) groups is 1. The summed E-state index contributed by atoms with van der Waals surface area (Å²) in [4.78, 5) is 13.7. The molecule has 0 aliphatic rings. The minimum absolute atomic E-state index is 0.291. The van der Waals surface area contributed by atoms with Gasteiger partial charge in [-0.3, -0.25) is 0 Å². The largest absolute Gasteiger partial charge is 0.302 e.